The number of nitro groups is 1. The number of pyridine rings is 1. The summed E-state index contributed by atoms with van der Waals surface area (Å²) < 4.78 is 0. The Bertz CT molecular complexity index is 513. The van der Waals surface area contributed by atoms with Gasteiger partial charge in [-0.25, -0.2) is 10.8 Å². The summed E-state index contributed by atoms with van der Waals surface area (Å²) in [6.07, 6.45) is 4.64. The van der Waals surface area contributed by atoms with Crippen LogP contribution in [0.4, 0.5) is 17.3 Å². The highest BCUT2D eigenvalue weighted by Crippen LogP contribution is 2.34. The monoisotopic (exact) mass is 294 g/mol. The Balaban J connectivity index is 2.15. The topological polar surface area (TPSA) is 109 Å². The van der Waals surface area contributed by atoms with Crippen LogP contribution < -0.4 is 16.6 Å². The molecule has 1 fully saturated rings. The van der Waals surface area contributed by atoms with Crippen LogP contribution in [0.5, 0.6) is 0 Å². The molecular weight excluding hydrogens is 272 g/mol. The van der Waals surface area contributed by atoms with E-state index >= 15 is 0 Å². The number of anilines is 2. The first-order valence-corrected chi connectivity index (χ1v) is 7.01. The summed E-state index contributed by atoms with van der Waals surface area (Å²) in [5, 5.41) is 14.2. The van der Waals surface area contributed by atoms with E-state index in [4.69, 9.17) is 5.84 Å². The van der Waals surface area contributed by atoms with Gasteiger partial charge in [-0.1, -0.05) is 12.8 Å². The maximum absolute atomic E-state index is 10.9. The maximum Gasteiger partial charge on any atom is 0.276 e. The Morgan fingerprint density at radius 1 is 1.38 bits per heavy atom. The number of aromatic nitrogens is 1. The van der Waals surface area contributed by atoms with Crippen molar-refractivity contribution in [1.29, 1.82) is 0 Å². The third-order valence-electron chi connectivity index (χ3n) is 4.25. The van der Waals surface area contributed by atoms with Crippen molar-refractivity contribution in [2.24, 2.45) is 5.84 Å². The number of nitrogens with two attached hydrogens (primary N) is 1. The first-order valence-electron chi connectivity index (χ1n) is 7.01. The number of nitrogen functional groups attached to an aromatic ring is 1. The van der Waals surface area contributed by atoms with E-state index in [0.717, 1.165) is 12.8 Å². The molecule has 0 aliphatic heterocycles. The molecule has 1 aromatic rings. The molecule has 1 heterocycles. The molecule has 0 unspecified atom stereocenters. The molecule has 0 radical (unpaired) electrons. The molecule has 21 heavy (non-hydrogen) atoms. The SMILES string of the molecule is CN(C)C1(CNc2cc([N+](=O)[O-])cc(NN)n2)CCCC1. The van der Waals surface area contributed by atoms with Crippen molar-refractivity contribution in [2.45, 2.75) is 31.2 Å². The van der Waals surface area contributed by atoms with Crippen molar-refractivity contribution in [1.82, 2.24) is 9.88 Å². The first-order chi connectivity index (χ1) is 9.97. The van der Waals surface area contributed by atoms with Gasteiger partial charge in [0, 0.05) is 12.1 Å². The van der Waals surface area contributed by atoms with Gasteiger partial charge in [-0.15, -0.1) is 0 Å². The number of hydrogen-bond acceptors (Lipinski definition) is 7. The number of likely N-dealkylation sites (N-methyl/N-ethyl adjacent to an activating group) is 1. The van der Waals surface area contributed by atoms with Gasteiger partial charge in [0.2, 0.25) is 0 Å². The van der Waals surface area contributed by atoms with E-state index in [2.05, 4.69) is 34.7 Å². The van der Waals surface area contributed by atoms with Gasteiger partial charge in [0.05, 0.1) is 17.1 Å². The predicted molar refractivity (Wildman–Crippen MR) is 82.1 cm³/mol. The van der Waals surface area contributed by atoms with Crippen LogP contribution in [0.3, 0.4) is 0 Å². The summed E-state index contributed by atoms with van der Waals surface area (Å²) in [4.78, 5) is 16.9. The molecule has 8 nitrogen and oxygen atoms in total. The van der Waals surface area contributed by atoms with Crippen LogP contribution in [0.15, 0.2) is 12.1 Å². The molecule has 0 aromatic carbocycles. The largest absolute Gasteiger partial charge is 0.368 e. The van der Waals surface area contributed by atoms with E-state index in [-0.39, 0.29) is 17.0 Å². The van der Waals surface area contributed by atoms with Crippen molar-refractivity contribution in [3.63, 3.8) is 0 Å². The predicted octanol–water partition coefficient (Wildman–Crippen LogP) is 1.56. The van der Waals surface area contributed by atoms with E-state index in [1.807, 2.05) is 0 Å². The third kappa shape index (κ3) is 3.40. The van der Waals surface area contributed by atoms with Gasteiger partial charge in [0.1, 0.15) is 11.6 Å². The lowest BCUT2D eigenvalue weighted by Gasteiger charge is -2.36. The zero-order valence-corrected chi connectivity index (χ0v) is 12.4. The normalized spacial score (nSPS) is 17.0. The summed E-state index contributed by atoms with van der Waals surface area (Å²) in [5.74, 6) is 6.05. The van der Waals surface area contributed by atoms with E-state index in [0.29, 0.717) is 12.4 Å². The molecule has 0 bridgehead atoms. The lowest BCUT2D eigenvalue weighted by atomic mass is 9.96. The third-order valence-corrected chi connectivity index (χ3v) is 4.25. The summed E-state index contributed by atoms with van der Waals surface area (Å²) in [6.45, 7) is 0.707. The summed E-state index contributed by atoms with van der Waals surface area (Å²) >= 11 is 0. The van der Waals surface area contributed by atoms with Gasteiger partial charge in [-0.3, -0.25) is 10.1 Å². The fourth-order valence-corrected chi connectivity index (χ4v) is 2.86. The highest BCUT2D eigenvalue weighted by atomic mass is 16.6. The van der Waals surface area contributed by atoms with Crippen LogP contribution in [0.2, 0.25) is 0 Å². The van der Waals surface area contributed by atoms with Crippen LogP contribution >= 0.6 is 0 Å². The van der Waals surface area contributed by atoms with Gasteiger partial charge in [0.25, 0.3) is 5.69 Å². The average Bonchev–Trinajstić information content (AvgIpc) is 2.95. The zero-order valence-electron chi connectivity index (χ0n) is 12.4. The summed E-state index contributed by atoms with van der Waals surface area (Å²) in [5.41, 5.74) is 2.41. The molecule has 2 rings (SSSR count). The smallest absolute Gasteiger partial charge is 0.276 e. The highest BCUT2D eigenvalue weighted by molar-refractivity contribution is 5.54. The molecule has 1 aliphatic rings. The lowest BCUT2D eigenvalue weighted by Crippen LogP contribution is -2.47. The second-order valence-corrected chi connectivity index (χ2v) is 5.68. The van der Waals surface area contributed by atoms with Crippen molar-refractivity contribution in [2.75, 3.05) is 31.4 Å². The standard InChI is InChI=1S/C13H22N6O2/c1-18(2)13(5-3-4-6-13)9-15-11-7-10(19(20)21)8-12(16-11)17-14/h7-8H,3-6,9,14H2,1-2H3,(H2,15,16,17). The van der Waals surface area contributed by atoms with Crippen LogP contribution in [-0.2, 0) is 0 Å². The van der Waals surface area contributed by atoms with Crippen LogP contribution in [0.1, 0.15) is 25.7 Å². The molecule has 1 aliphatic carbocycles. The fourth-order valence-electron chi connectivity index (χ4n) is 2.86. The van der Waals surface area contributed by atoms with Crippen molar-refractivity contribution >= 4 is 17.3 Å². The van der Waals surface area contributed by atoms with Crippen molar-refractivity contribution < 1.29 is 4.92 Å². The van der Waals surface area contributed by atoms with Gasteiger partial charge in [-0.05, 0) is 26.9 Å². The molecule has 4 N–H and O–H groups in total. The Labute approximate surface area is 123 Å². The zero-order chi connectivity index (χ0) is 15.5. The van der Waals surface area contributed by atoms with E-state index < -0.39 is 4.92 Å². The summed E-state index contributed by atoms with van der Waals surface area (Å²) in [6, 6.07) is 2.74. The molecule has 8 heteroatoms. The van der Waals surface area contributed by atoms with E-state index in [1.54, 1.807) is 0 Å². The Morgan fingerprint density at radius 2 is 2.00 bits per heavy atom. The first kappa shape index (κ1) is 15.5. The van der Waals surface area contributed by atoms with Gasteiger partial charge < -0.3 is 15.6 Å². The summed E-state index contributed by atoms with van der Waals surface area (Å²) in [7, 11) is 4.14. The minimum Gasteiger partial charge on any atom is -0.368 e. The Hall–Kier alpha value is -1.93. The van der Waals surface area contributed by atoms with Crippen molar-refractivity contribution in [3.8, 4) is 0 Å². The molecule has 0 saturated heterocycles. The van der Waals surface area contributed by atoms with Gasteiger partial charge >= 0.3 is 0 Å². The van der Waals surface area contributed by atoms with Gasteiger partial charge in [0.15, 0.2) is 0 Å². The van der Waals surface area contributed by atoms with Crippen molar-refractivity contribution in [3.05, 3.63) is 22.2 Å². The number of rotatable bonds is 6. The number of hydrogen-bond donors (Lipinski definition) is 3. The maximum atomic E-state index is 10.9. The molecule has 116 valence electrons. The van der Waals surface area contributed by atoms with Crippen LogP contribution in [-0.4, -0.2) is 41.0 Å². The Kier molecular flexibility index (Phi) is 4.59. The molecular formula is C13H22N6O2. The number of hydrazine groups is 1. The fraction of sp³-hybridized carbons (Fsp3) is 0.615. The number of nitrogens with zero attached hydrogens (tertiary/aromatic N) is 3. The van der Waals surface area contributed by atoms with Gasteiger partial charge in [-0.2, -0.15) is 0 Å². The van der Waals surface area contributed by atoms with Crippen LogP contribution in [0.25, 0.3) is 0 Å². The minimum absolute atomic E-state index is 0.0363. The lowest BCUT2D eigenvalue weighted by molar-refractivity contribution is -0.384. The quantitative estimate of drug-likeness (QED) is 0.415. The minimum atomic E-state index is -0.453. The highest BCUT2D eigenvalue weighted by Gasteiger charge is 2.35. The number of nitrogens with one attached hydrogen (secondary N) is 2. The second kappa shape index (κ2) is 6.23. The molecule has 1 saturated carbocycles. The second-order valence-electron chi connectivity index (χ2n) is 5.68. The molecule has 0 atom stereocenters. The molecule has 0 amide bonds. The van der Waals surface area contributed by atoms with E-state index in [9.17, 15) is 10.1 Å². The van der Waals surface area contributed by atoms with Crippen LogP contribution in [0, 0.1) is 10.1 Å². The molecule has 1 aromatic heterocycles. The van der Waals surface area contributed by atoms with E-state index in [1.165, 1.54) is 25.0 Å². The molecule has 0 spiro atoms. The Morgan fingerprint density at radius 3 is 2.52 bits per heavy atom. The average molecular weight is 294 g/mol.